The highest BCUT2D eigenvalue weighted by molar-refractivity contribution is 7.89. The van der Waals surface area contributed by atoms with Crippen LogP contribution < -0.4 is 10.9 Å². The lowest BCUT2D eigenvalue weighted by molar-refractivity contribution is 0.350. The van der Waals surface area contributed by atoms with Gasteiger partial charge in [0.05, 0.1) is 4.90 Å². The summed E-state index contributed by atoms with van der Waals surface area (Å²) in [5.74, 6) is 0. The number of sulfonamides is 1. The van der Waals surface area contributed by atoms with E-state index in [1.54, 1.807) is 28.7 Å². The second-order valence-corrected chi connectivity index (χ2v) is 7.84. The van der Waals surface area contributed by atoms with Crippen molar-refractivity contribution < 1.29 is 8.42 Å². The topological polar surface area (TPSA) is 82.3 Å². The highest BCUT2D eigenvalue weighted by atomic mass is 32.2. The number of aromatic amines is 1. The molecule has 3 rings (SSSR count). The normalized spacial score (nSPS) is 20.5. The molecule has 7 heteroatoms. The first-order valence-corrected chi connectivity index (χ1v) is 9.20. The van der Waals surface area contributed by atoms with Gasteiger partial charge in [-0.2, -0.15) is 4.31 Å². The van der Waals surface area contributed by atoms with Crippen LogP contribution in [0.3, 0.4) is 0 Å². The van der Waals surface area contributed by atoms with Crippen LogP contribution in [-0.2, 0) is 10.0 Å². The lowest BCUT2D eigenvalue weighted by atomic mass is 10.1. The Labute approximate surface area is 135 Å². The molecule has 1 aliphatic heterocycles. The van der Waals surface area contributed by atoms with Crippen LogP contribution >= 0.6 is 0 Å². The monoisotopic (exact) mass is 335 g/mol. The summed E-state index contributed by atoms with van der Waals surface area (Å²) in [6.45, 7) is 5.61. The molecule has 0 radical (unpaired) electrons. The van der Waals surface area contributed by atoms with Crippen molar-refractivity contribution in [2.45, 2.75) is 31.2 Å². The minimum absolute atomic E-state index is 0.0763. The third kappa shape index (κ3) is 2.80. The lowest BCUT2D eigenvalue weighted by Crippen LogP contribution is -2.39. The smallest absolute Gasteiger partial charge is 0.255 e. The van der Waals surface area contributed by atoms with E-state index in [2.05, 4.69) is 10.3 Å². The van der Waals surface area contributed by atoms with E-state index < -0.39 is 10.0 Å². The quantitative estimate of drug-likeness (QED) is 0.864. The Morgan fingerprint density at radius 1 is 1.26 bits per heavy atom. The molecule has 1 aromatic heterocycles. The van der Waals surface area contributed by atoms with Gasteiger partial charge in [-0.25, -0.2) is 8.42 Å². The summed E-state index contributed by atoms with van der Waals surface area (Å²) in [6, 6.07) is 4.81. The van der Waals surface area contributed by atoms with Crippen LogP contribution in [0.4, 0.5) is 0 Å². The molecule has 2 N–H and O–H groups in total. The minimum atomic E-state index is -3.66. The Balaban J connectivity index is 2.23. The van der Waals surface area contributed by atoms with Crippen LogP contribution in [-0.4, -0.2) is 43.4 Å². The molecule has 2 heterocycles. The fourth-order valence-corrected chi connectivity index (χ4v) is 5.08. The van der Waals surface area contributed by atoms with Crippen LogP contribution in [0.5, 0.6) is 0 Å². The number of aromatic nitrogens is 1. The van der Waals surface area contributed by atoms with Gasteiger partial charge in [-0.05, 0) is 44.5 Å². The Morgan fingerprint density at radius 2 is 2.04 bits per heavy atom. The molecule has 1 aliphatic rings. The number of pyridine rings is 1. The first-order chi connectivity index (χ1) is 10.9. The molecule has 1 aromatic carbocycles. The van der Waals surface area contributed by atoms with Gasteiger partial charge in [-0.3, -0.25) is 4.79 Å². The number of nitrogens with one attached hydrogen (secondary N) is 2. The molecule has 124 valence electrons. The standard InChI is InChI=1S/C16H21N3O3S/c1-11-10-18-16(20)13-4-3-5-14(15(11)13)23(21,22)19-9-8-17-7-6-12(19)2/h3-5,10,12,17H,6-9H2,1-2H3,(H,18,20). The van der Waals surface area contributed by atoms with E-state index in [4.69, 9.17) is 0 Å². The maximum Gasteiger partial charge on any atom is 0.255 e. The minimum Gasteiger partial charge on any atom is -0.328 e. The molecular formula is C16H21N3O3S. The molecule has 1 unspecified atom stereocenters. The van der Waals surface area contributed by atoms with Gasteiger partial charge in [0.25, 0.3) is 5.56 Å². The number of nitrogens with zero attached hydrogens (tertiary/aromatic N) is 1. The lowest BCUT2D eigenvalue weighted by Gasteiger charge is -2.26. The van der Waals surface area contributed by atoms with Gasteiger partial charge in [-0.15, -0.1) is 0 Å². The van der Waals surface area contributed by atoms with Gasteiger partial charge in [-0.1, -0.05) is 6.07 Å². The molecule has 1 atom stereocenters. The highest BCUT2D eigenvalue weighted by Crippen LogP contribution is 2.28. The van der Waals surface area contributed by atoms with Crippen molar-refractivity contribution in [3.63, 3.8) is 0 Å². The second kappa shape index (κ2) is 6.07. The van der Waals surface area contributed by atoms with Crippen LogP contribution in [0.25, 0.3) is 10.8 Å². The Bertz CT molecular complexity index is 889. The van der Waals surface area contributed by atoms with Gasteiger partial charge in [0.2, 0.25) is 10.0 Å². The zero-order valence-electron chi connectivity index (χ0n) is 13.3. The second-order valence-electron chi connectivity index (χ2n) is 5.98. The largest absolute Gasteiger partial charge is 0.328 e. The van der Waals surface area contributed by atoms with E-state index in [9.17, 15) is 13.2 Å². The Kier molecular flexibility index (Phi) is 4.27. The van der Waals surface area contributed by atoms with Crippen LogP contribution in [0.15, 0.2) is 34.1 Å². The van der Waals surface area contributed by atoms with E-state index in [1.165, 1.54) is 0 Å². The third-order valence-electron chi connectivity index (χ3n) is 4.41. The molecule has 0 aliphatic carbocycles. The molecule has 0 spiro atoms. The fourth-order valence-electron chi connectivity index (χ4n) is 3.14. The molecule has 6 nitrogen and oxygen atoms in total. The first kappa shape index (κ1) is 16.2. The van der Waals surface area contributed by atoms with Crippen molar-refractivity contribution in [1.82, 2.24) is 14.6 Å². The summed E-state index contributed by atoms with van der Waals surface area (Å²) in [5, 5.41) is 4.15. The van der Waals surface area contributed by atoms with E-state index in [0.717, 1.165) is 18.5 Å². The summed E-state index contributed by atoms with van der Waals surface area (Å²) in [5.41, 5.74) is 0.479. The van der Waals surface area contributed by atoms with Crippen molar-refractivity contribution in [2.75, 3.05) is 19.6 Å². The number of benzene rings is 1. The Hall–Kier alpha value is -1.70. The third-order valence-corrected chi connectivity index (χ3v) is 6.47. The zero-order valence-corrected chi connectivity index (χ0v) is 14.1. The van der Waals surface area contributed by atoms with E-state index >= 15 is 0 Å². The van der Waals surface area contributed by atoms with Gasteiger partial charge in [0.15, 0.2) is 0 Å². The van der Waals surface area contributed by atoms with Crippen LogP contribution in [0.1, 0.15) is 18.9 Å². The predicted molar refractivity (Wildman–Crippen MR) is 90.1 cm³/mol. The summed E-state index contributed by atoms with van der Waals surface area (Å²) < 4.78 is 28.0. The molecule has 23 heavy (non-hydrogen) atoms. The zero-order chi connectivity index (χ0) is 16.6. The van der Waals surface area contributed by atoms with Gasteiger partial charge in [0.1, 0.15) is 0 Å². The van der Waals surface area contributed by atoms with Crippen LogP contribution in [0.2, 0.25) is 0 Å². The molecule has 1 fully saturated rings. The maximum absolute atomic E-state index is 13.2. The van der Waals surface area contributed by atoms with Crippen molar-refractivity contribution in [1.29, 1.82) is 0 Å². The SMILES string of the molecule is Cc1c[nH]c(=O)c2cccc(S(=O)(=O)N3CCNCCC3C)c12. The summed E-state index contributed by atoms with van der Waals surface area (Å²) in [6.07, 6.45) is 2.33. The summed E-state index contributed by atoms with van der Waals surface area (Å²) in [4.78, 5) is 14.9. The van der Waals surface area contributed by atoms with Crippen molar-refractivity contribution in [2.24, 2.45) is 0 Å². The van der Waals surface area contributed by atoms with E-state index in [1.807, 2.05) is 13.8 Å². The van der Waals surface area contributed by atoms with Crippen molar-refractivity contribution in [3.05, 3.63) is 40.3 Å². The van der Waals surface area contributed by atoms with Gasteiger partial charge in [0, 0.05) is 36.1 Å². The number of hydrogen-bond acceptors (Lipinski definition) is 4. The first-order valence-electron chi connectivity index (χ1n) is 7.76. The Morgan fingerprint density at radius 3 is 2.83 bits per heavy atom. The van der Waals surface area contributed by atoms with Crippen LogP contribution in [0, 0.1) is 6.92 Å². The summed E-state index contributed by atoms with van der Waals surface area (Å²) in [7, 11) is -3.66. The molecule has 1 saturated heterocycles. The van der Waals surface area contributed by atoms with Gasteiger partial charge < -0.3 is 10.3 Å². The highest BCUT2D eigenvalue weighted by Gasteiger charge is 2.31. The summed E-state index contributed by atoms with van der Waals surface area (Å²) >= 11 is 0. The number of rotatable bonds is 2. The number of fused-ring (bicyclic) bond motifs is 1. The van der Waals surface area contributed by atoms with Gasteiger partial charge >= 0.3 is 0 Å². The molecular weight excluding hydrogens is 314 g/mol. The average molecular weight is 335 g/mol. The van der Waals surface area contributed by atoms with E-state index in [0.29, 0.717) is 23.9 Å². The van der Waals surface area contributed by atoms with Crippen molar-refractivity contribution >= 4 is 20.8 Å². The maximum atomic E-state index is 13.2. The molecule has 0 amide bonds. The van der Waals surface area contributed by atoms with Crippen molar-refractivity contribution in [3.8, 4) is 0 Å². The average Bonchev–Trinajstić information content (AvgIpc) is 2.75. The number of aryl methyl sites for hydroxylation is 1. The number of hydrogen-bond donors (Lipinski definition) is 2. The van der Waals surface area contributed by atoms with E-state index in [-0.39, 0.29) is 16.5 Å². The fraction of sp³-hybridized carbons (Fsp3) is 0.438. The molecule has 0 bridgehead atoms. The number of H-pyrrole nitrogens is 1. The molecule has 0 saturated carbocycles. The predicted octanol–water partition coefficient (Wildman–Crippen LogP) is 1.21. The molecule has 2 aromatic rings.